The average molecular weight is 839 g/mol. The molecule has 0 aliphatic carbocycles. The Morgan fingerprint density at radius 2 is 1.08 bits per heavy atom. The first-order valence-corrected chi connectivity index (χ1v) is 22.3. The van der Waals surface area contributed by atoms with Crippen LogP contribution in [0, 0.1) is 23.7 Å². The zero-order chi connectivity index (χ0) is 41.3. The van der Waals surface area contributed by atoms with E-state index in [1.54, 1.807) is 30.2 Å². The zero-order valence-corrected chi connectivity index (χ0v) is 34.1. The van der Waals surface area contributed by atoms with Crippen molar-refractivity contribution in [1.82, 2.24) is 9.80 Å². The molecule has 6 aliphatic rings. The quantitative estimate of drug-likeness (QED) is 0.0419. The highest BCUT2D eigenvalue weighted by Crippen LogP contribution is 2.46. The molecule has 7 rings (SSSR count). The van der Waals surface area contributed by atoms with E-state index in [1.807, 2.05) is 24.3 Å². The van der Waals surface area contributed by atoms with Gasteiger partial charge in [0.05, 0.1) is 54.4 Å². The molecule has 0 saturated carbocycles. The Morgan fingerprint density at radius 1 is 0.610 bits per heavy atom. The lowest BCUT2D eigenvalue weighted by Crippen LogP contribution is -2.35. The van der Waals surface area contributed by atoms with Crippen molar-refractivity contribution in [2.75, 3.05) is 31.2 Å². The molecule has 6 aliphatic heterocycles. The Hall–Kier alpha value is -4.28. The first kappa shape index (κ1) is 42.8. The van der Waals surface area contributed by atoms with E-state index in [9.17, 15) is 33.6 Å². The van der Waals surface area contributed by atoms with E-state index in [0.717, 1.165) is 57.1 Å². The molecule has 4 amide bonds. The van der Waals surface area contributed by atoms with E-state index in [4.69, 9.17) is 28.1 Å². The number of unbranched alkanes of at least 4 members (excludes halogenated alkanes) is 7. The van der Waals surface area contributed by atoms with Gasteiger partial charge in [-0.05, 0) is 43.6 Å². The first-order chi connectivity index (χ1) is 28.7. The third-order valence-electron chi connectivity index (χ3n) is 11.9. The number of fused-ring (bicyclic) bond motifs is 10. The van der Waals surface area contributed by atoms with Gasteiger partial charge >= 0.3 is 17.9 Å². The Kier molecular flexibility index (Phi) is 14.8. The molecule has 0 aromatic carbocycles. The minimum Gasteiger partial charge on any atom is -0.466 e. The number of ether oxygens (including phenoxy) is 5. The summed E-state index contributed by atoms with van der Waals surface area (Å²) in [6.07, 6.45) is 15.8. The number of imide groups is 2. The van der Waals surface area contributed by atoms with Gasteiger partial charge in [-0.25, -0.2) is 0 Å². The third kappa shape index (κ3) is 10.4. The molecule has 7 heterocycles. The number of likely N-dealkylation sites (tertiary alicyclic amines) is 2. The van der Waals surface area contributed by atoms with Crippen LogP contribution in [0.25, 0.3) is 0 Å². The minimum absolute atomic E-state index is 0.0109. The maximum Gasteiger partial charge on any atom is 0.306 e. The summed E-state index contributed by atoms with van der Waals surface area (Å²) in [5.41, 5.74) is 0. The number of carbonyl (C=O) groups excluding carboxylic acids is 7. The van der Waals surface area contributed by atoms with Crippen LogP contribution in [0.4, 0.5) is 0 Å². The van der Waals surface area contributed by atoms with Gasteiger partial charge < -0.3 is 28.1 Å². The van der Waals surface area contributed by atoms with Gasteiger partial charge in [-0.15, -0.1) is 0 Å². The van der Waals surface area contributed by atoms with E-state index in [0.29, 0.717) is 17.9 Å². The van der Waals surface area contributed by atoms with Gasteiger partial charge in [0.15, 0.2) is 0 Å². The average Bonchev–Trinajstić information content (AvgIpc) is 4.11. The fourth-order valence-electron chi connectivity index (χ4n) is 8.92. The Morgan fingerprint density at radius 3 is 1.61 bits per heavy atom. The summed E-state index contributed by atoms with van der Waals surface area (Å²) in [6, 6.07) is 3.53. The maximum atomic E-state index is 13.0. The molecule has 15 nitrogen and oxygen atoms in total. The van der Waals surface area contributed by atoms with Crippen molar-refractivity contribution in [3.05, 3.63) is 48.5 Å². The second-order valence-electron chi connectivity index (χ2n) is 16.1. The number of rotatable bonds is 26. The Bertz CT molecular complexity index is 1700. The molecular formula is C43H54N2O13S. The largest absolute Gasteiger partial charge is 0.466 e. The van der Waals surface area contributed by atoms with Crippen molar-refractivity contribution in [1.29, 1.82) is 0 Å². The van der Waals surface area contributed by atoms with Gasteiger partial charge in [-0.2, -0.15) is 11.8 Å². The summed E-state index contributed by atoms with van der Waals surface area (Å²) >= 11 is 1.61. The summed E-state index contributed by atoms with van der Waals surface area (Å²) < 4.78 is 33.0. The van der Waals surface area contributed by atoms with Gasteiger partial charge in [0.25, 0.3) is 0 Å². The molecule has 0 spiro atoms. The van der Waals surface area contributed by atoms with Crippen LogP contribution in [0.15, 0.2) is 47.1 Å². The lowest BCUT2D eigenvalue weighted by molar-refractivity contribution is -0.158. The predicted molar refractivity (Wildman–Crippen MR) is 210 cm³/mol. The monoisotopic (exact) mass is 838 g/mol. The standard InChI is InChI=1S/C43H54N2O13S/c46-33(54-24-27-12-11-22-53-27)13-7-5-3-1-2-4-6-8-23-59-26-28(56-35(48)15-10-21-45-42(51)38-31-18-19-32(58-31)39(38)43(45)52)25-55-34(47)14-9-20-44-40(49)36-29-16-17-30(57-29)37(36)41(44)50/h11-12,16-19,22,28-32,36-39H,1-10,13-15,20-21,23-26H2. The molecule has 16 heteroatoms. The van der Waals surface area contributed by atoms with E-state index >= 15 is 0 Å². The molecule has 4 bridgehead atoms. The molecule has 0 radical (unpaired) electrons. The smallest absolute Gasteiger partial charge is 0.306 e. The fraction of sp³-hybridized carbons (Fsp3) is 0.651. The number of thioether (sulfide) groups is 1. The SMILES string of the molecule is O=C(CCCCCCCCCCSCC(COC(=O)CCCN1C(=O)C2C3C=CC(O3)C2C1=O)OC(=O)CCCN1C(=O)C2C3C=CC(O3)C2C1=O)OCc1ccco1. The van der Waals surface area contributed by atoms with Gasteiger partial charge in [0.1, 0.15) is 25.1 Å². The molecule has 59 heavy (non-hydrogen) atoms. The van der Waals surface area contributed by atoms with Gasteiger partial charge in [-0.1, -0.05) is 62.8 Å². The van der Waals surface area contributed by atoms with E-state index in [2.05, 4.69) is 0 Å². The molecular weight excluding hydrogens is 785 g/mol. The summed E-state index contributed by atoms with van der Waals surface area (Å²) in [5, 5.41) is 0. The Labute approximate surface area is 347 Å². The molecule has 9 unspecified atom stereocenters. The van der Waals surface area contributed by atoms with Gasteiger partial charge in [-0.3, -0.25) is 43.4 Å². The van der Waals surface area contributed by atoms with Crippen LogP contribution in [0.5, 0.6) is 0 Å². The molecule has 1 aromatic rings. The van der Waals surface area contributed by atoms with Crippen LogP contribution >= 0.6 is 11.8 Å². The van der Waals surface area contributed by atoms with Gasteiger partial charge in [0, 0.05) is 38.1 Å². The summed E-state index contributed by atoms with van der Waals surface area (Å²) in [7, 11) is 0. The van der Waals surface area contributed by atoms with Crippen molar-refractivity contribution >= 4 is 53.3 Å². The topological polar surface area (TPSA) is 185 Å². The Balaban J connectivity index is 0.772. The fourth-order valence-corrected chi connectivity index (χ4v) is 9.92. The lowest BCUT2D eigenvalue weighted by atomic mass is 9.85. The van der Waals surface area contributed by atoms with E-state index in [-0.39, 0.29) is 106 Å². The number of carbonyl (C=O) groups is 7. The normalized spacial score (nSPS) is 27.6. The van der Waals surface area contributed by atoms with Crippen LogP contribution < -0.4 is 0 Å². The number of furan rings is 1. The number of hydrogen-bond donors (Lipinski definition) is 0. The van der Waals surface area contributed by atoms with Crippen molar-refractivity contribution in [3.8, 4) is 0 Å². The van der Waals surface area contributed by atoms with Crippen LogP contribution in [0.1, 0.15) is 89.2 Å². The molecule has 4 fully saturated rings. The number of esters is 3. The first-order valence-electron chi connectivity index (χ1n) is 21.2. The molecule has 4 saturated heterocycles. The van der Waals surface area contributed by atoms with E-state index < -0.39 is 41.7 Å². The van der Waals surface area contributed by atoms with Gasteiger partial charge in [0.2, 0.25) is 23.6 Å². The molecule has 1 aromatic heterocycles. The van der Waals surface area contributed by atoms with Crippen molar-refractivity contribution in [3.63, 3.8) is 0 Å². The summed E-state index contributed by atoms with van der Waals surface area (Å²) in [4.78, 5) is 91.8. The number of amides is 4. The highest BCUT2D eigenvalue weighted by molar-refractivity contribution is 7.99. The molecule has 0 N–H and O–H groups in total. The summed E-state index contributed by atoms with van der Waals surface area (Å²) in [6.45, 7) is 0.258. The highest BCUT2D eigenvalue weighted by Gasteiger charge is 2.61. The van der Waals surface area contributed by atoms with Crippen molar-refractivity contribution in [2.45, 2.75) is 121 Å². The van der Waals surface area contributed by atoms with Crippen LogP contribution in [-0.4, -0.2) is 113 Å². The number of hydrogen-bond acceptors (Lipinski definition) is 14. The zero-order valence-electron chi connectivity index (χ0n) is 33.3. The second-order valence-corrected chi connectivity index (χ2v) is 17.2. The maximum absolute atomic E-state index is 13.0. The van der Waals surface area contributed by atoms with Crippen LogP contribution in [-0.2, 0) is 63.9 Å². The second kappa shape index (κ2) is 20.3. The lowest BCUT2D eigenvalue weighted by Gasteiger charge is -2.20. The highest BCUT2D eigenvalue weighted by atomic mass is 32.2. The molecule has 9 atom stereocenters. The van der Waals surface area contributed by atoms with Crippen LogP contribution in [0.3, 0.4) is 0 Å². The van der Waals surface area contributed by atoms with Crippen molar-refractivity contribution in [2.24, 2.45) is 23.7 Å². The summed E-state index contributed by atoms with van der Waals surface area (Å²) in [5.74, 6) is -2.36. The predicted octanol–water partition coefficient (Wildman–Crippen LogP) is 4.46. The van der Waals surface area contributed by atoms with Crippen LogP contribution in [0.2, 0.25) is 0 Å². The minimum atomic E-state index is -0.698. The van der Waals surface area contributed by atoms with Crippen molar-refractivity contribution < 1.29 is 61.7 Å². The van der Waals surface area contributed by atoms with E-state index in [1.165, 1.54) is 9.80 Å². The number of nitrogens with zero attached hydrogens (tertiary/aromatic N) is 2. The third-order valence-corrected chi connectivity index (χ3v) is 13.1. The molecule has 320 valence electrons.